The molecule has 1 amide bonds. The maximum absolute atomic E-state index is 12.8. The standard InChI is InChI=1S/C21H35NO2/c1-7-9-16(10-8-2)19(23)14-22-20(24)18-13-21(5,6)12-11-17(18)15(3)4/h7-10,15,17-19,23H,1,11-14H2,2-6H3,(H,22,24)/b10-8-,16-9+. The second-order valence-corrected chi connectivity index (χ2v) is 8.08. The average molecular weight is 334 g/mol. The number of aliphatic hydroxyl groups is 1. The van der Waals surface area contributed by atoms with Crippen molar-refractivity contribution in [2.75, 3.05) is 6.54 Å². The summed E-state index contributed by atoms with van der Waals surface area (Å²) in [5.74, 6) is 1.04. The third-order valence-corrected chi connectivity index (χ3v) is 5.16. The fraction of sp³-hybridized carbons (Fsp3) is 0.667. The molecule has 3 heteroatoms. The van der Waals surface area contributed by atoms with Crippen LogP contribution in [-0.4, -0.2) is 23.7 Å². The summed E-state index contributed by atoms with van der Waals surface area (Å²) in [4.78, 5) is 12.8. The van der Waals surface area contributed by atoms with Crippen LogP contribution in [-0.2, 0) is 4.79 Å². The molecule has 1 aliphatic carbocycles. The van der Waals surface area contributed by atoms with E-state index >= 15 is 0 Å². The first-order chi connectivity index (χ1) is 11.2. The predicted octanol–water partition coefficient (Wildman–Crippen LogP) is 4.25. The molecule has 2 N–H and O–H groups in total. The van der Waals surface area contributed by atoms with Crippen molar-refractivity contribution in [3.8, 4) is 0 Å². The van der Waals surface area contributed by atoms with Gasteiger partial charge in [0.2, 0.25) is 5.91 Å². The van der Waals surface area contributed by atoms with E-state index in [2.05, 4.69) is 39.6 Å². The van der Waals surface area contributed by atoms with Gasteiger partial charge < -0.3 is 10.4 Å². The zero-order chi connectivity index (χ0) is 18.3. The highest BCUT2D eigenvalue weighted by atomic mass is 16.3. The lowest BCUT2D eigenvalue weighted by Crippen LogP contribution is -2.44. The van der Waals surface area contributed by atoms with E-state index in [1.54, 1.807) is 12.2 Å². The molecular weight excluding hydrogens is 298 g/mol. The average Bonchev–Trinajstić information content (AvgIpc) is 2.50. The van der Waals surface area contributed by atoms with Crippen molar-refractivity contribution in [2.24, 2.45) is 23.2 Å². The summed E-state index contributed by atoms with van der Waals surface area (Å²) < 4.78 is 0. The van der Waals surface area contributed by atoms with Gasteiger partial charge in [0, 0.05) is 12.5 Å². The molecule has 0 radical (unpaired) electrons. The zero-order valence-corrected chi connectivity index (χ0v) is 16.0. The van der Waals surface area contributed by atoms with Gasteiger partial charge in [0.1, 0.15) is 0 Å². The first-order valence-corrected chi connectivity index (χ1v) is 9.13. The monoisotopic (exact) mass is 333 g/mol. The van der Waals surface area contributed by atoms with Crippen LogP contribution in [0, 0.1) is 23.2 Å². The number of nitrogens with one attached hydrogen (secondary N) is 1. The van der Waals surface area contributed by atoms with Gasteiger partial charge in [0.15, 0.2) is 0 Å². The number of rotatable bonds is 7. The Hall–Kier alpha value is -1.35. The third-order valence-electron chi connectivity index (χ3n) is 5.16. The SMILES string of the molecule is C=C/C=C(\C=C/C)C(O)CNC(=O)C1CC(C)(C)CCC1C(C)C. The van der Waals surface area contributed by atoms with E-state index in [0.29, 0.717) is 11.8 Å². The van der Waals surface area contributed by atoms with Crippen LogP contribution < -0.4 is 5.32 Å². The van der Waals surface area contributed by atoms with Gasteiger partial charge in [-0.2, -0.15) is 0 Å². The Morgan fingerprint density at radius 1 is 1.42 bits per heavy atom. The number of hydrogen-bond acceptors (Lipinski definition) is 2. The van der Waals surface area contributed by atoms with E-state index in [9.17, 15) is 9.90 Å². The molecule has 1 saturated carbocycles. The number of allylic oxidation sites excluding steroid dienone is 3. The highest BCUT2D eigenvalue weighted by Crippen LogP contribution is 2.44. The number of hydrogen-bond donors (Lipinski definition) is 2. The molecule has 1 fully saturated rings. The summed E-state index contributed by atoms with van der Waals surface area (Å²) in [5, 5.41) is 13.3. The Kier molecular flexibility index (Phi) is 7.95. The maximum atomic E-state index is 12.8. The number of aliphatic hydroxyl groups excluding tert-OH is 1. The summed E-state index contributed by atoms with van der Waals surface area (Å²) in [6, 6.07) is 0. The van der Waals surface area contributed by atoms with Crippen LogP contribution >= 0.6 is 0 Å². The molecule has 0 aromatic carbocycles. The molecule has 0 aliphatic heterocycles. The Balaban J connectivity index is 2.73. The molecule has 1 rings (SSSR count). The van der Waals surface area contributed by atoms with Crippen LogP contribution in [0.25, 0.3) is 0 Å². The highest BCUT2D eigenvalue weighted by Gasteiger charge is 2.39. The molecular formula is C21H35NO2. The Labute approximate surface area is 147 Å². The molecule has 1 aliphatic rings. The van der Waals surface area contributed by atoms with Crippen LogP contribution in [0.4, 0.5) is 0 Å². The van der Waals surface area contributed by atoms with Crippen LogP contribution in [0.1, 0.15) is 53.9 Å². The number of carbonyl (C=O) groups excluding carboxylic acids is 1. The Bertz CT molecular complexity index is 488. The predicted molar refractivity (Wildman–Crippen MR) is 102 cm³/mol. The fourth-order valence-electron chi connectivity index (χ4n) is 3.74. The minimum Gasteiger partial charge on any atom is -0.387 e. The smallest absolute Gasteiger partial charge is 0.223 e. The van der Waals surface area contributed by atoms with Gasteiger partial charge in [-0.05, 0) is 49.0 Å². The van der Waals surface area contributed by atoms with Crippen LogP contribution in [0.15, 0.2) is 36.5 Å². The van der Waals surface area contributed by atoms with Crippen molar-refractivity contribution >= 4 is 5.91 Å². The lowest BCUT2D eigenvalue weighted by atomic mass is 9.64. The van der Waals surface area contributed by atoms with Crippen LogP contribution in [0.2, 0.25) is 0 Å². The fourth-order valence-corrected chi connectivity index (χ4v) is 3.74. The van der Waals surface area contributed by atoms with Gasteiger partial charge in [-0.3, -0.25) is 4.79 Å². The van der Waals surface area contributed by atoms with E-state index in [4.69, 9.17) is 0 Å². The summed E-state index contributed by atoms with van der Waals surface area (Å²) in [5.41, 5.74) is 0.974. The first-order valence-electron chi connectivity index (χ1n) is 9.13. The lowest BCUT2D eigenvalue weighted by Gasteiger charge is -2.41. The zero-order valence-electron chi connectivity index (χ0n) is 16.0. The number of amides is 1. The molecule has 3 atom stereocenters. The Morgan fingerprint density at radius 3 is 2.62 bits per heavy atom. The van der Waals surface area contributed by atoms with Gasteiger partial charge in [0.05, 0.1) is 6.10 Å². The first kappa shape index (κ1) is 20.7. The minimum absolute atomic E-state index is 0.0366. The molecule has 0 aromatic heterocycles. The second-order valence-electron chi connectivity index (χ2n) is 8.08. The largest absolute Gasteiger partial charge is 0.387 e. The van der Waals surface area contributed by atoms with Crippen molar-refractivity contribution < 1.29 is 9.90 Å². The summed E-state index contributed by atoms with van der Waals surface area (Å²) in [7, 11) is 0. The summed E-state index contributed by atoms with van der Waals surface area (Å²) >= 11 is 0. The van der Waals surface area contributed by atoms with E-state index in [0.717, 1.165) is 18.4 Å². The van der Waals surface area contributed by atoms with Crippen molar-refractivity contribution in [1.29, 1.82) is 0 Å². The van der Waals surface area contributed by atoms with Crippen molar-refractivity contribution in [3.05, 3.63) is 36.5 Å². The molecule has 0 aromatic rings. The molecule has 0 saturated heterocycles. The topological polar surface area (TPSA) is 49.3 Å². The third kappa shape index (κ3) is 5.94. The normalized spacial score (nSPS) is 25.7. The molecule has 0 heterocycles. The second kappa shape index (κ2) is 9.22. The van der Waals surface area contributed by atoms with Gasteiger partial charge in [0.25, 0.3) is 0 Å². The Morgan fingerprint density at radius 2 is 2.08 bits per heavy atom. The van der Waals surface area contributed by atoms with Crippen LogP contribution in [0.3, 0.4) is 0 Å². The highest BCUT2D eigenvalue weighted by molar-refractivity contribution is 5.79. The van der Waals surface area contributed by atoms with Crippen molar-refractivity contribution in [3.63, 3.8) is 0 Å². The molecule has 24 heavy (non-hydrogen) atoms. The summed E-state index contributed by atoms with van der Waals surface area (Å²) in [6.45, 7) is 14.7. The van der Waals surface area contributed by atoms with Crippen molar-refractivity contribution in [2.45, 2.75) is 60.0 Å². The van der Waals surface area contributed by atoms with Crippen LogP contribution in [0.5, 0.6) is 0 Å². The molecule has 3 nitrogen and oxygen atoms in total. The van der Waals surface area contributed by atoms with Gasteiger partial charge in [-0.15, -0.1) is 0 Å². The van der Waals surface area contributed by atoms with E-state index in [1.807, 2.05) is 19.1 Å². The maximum Gasteiger partial charge on any atom is 0.223 e. The summed E-state index contributed by atoms with van der Waals surface area (Å²) in [6.07, 6.45) is 9.63. The van der Waals surface area contributed by atoms with Crippen molar-refractivity contribution in [1.82, 2.24) is 5.32 Å². The molecule has 136 valence electrons. The molecule has 3 unspecified atom stereocenters. The number of carbonyl (C=O) groups is 1. The van der Waals surface area contributed by atoms with E-state index < -0.39 is 6.10 Å². The molecule has 0 bridgehead atoms. The molecule has 0 spiro atoms. The van der Waals surface area contributed by atoms with Gasteiger partial charge in [-0.1, -0.05) is 58.6 Å². The van der Waals surface area contributed by atoms with E-state index in [1.165, 1.54) is 6.42 Å². The van der Waals surface area contributed by atoms with E-state index in [-0.39, 0.29) is 23.8 Å². The van der Waals surface area contributed by atoms with Gasteiger partial charge >= 0.3 is 0 Å². The van der Waals surface area contributed by atoms with Gasteiger partial charge in [-0.25, -0.2) is 0 Å². The quantitative estimate of drug-likeness (QED) is 0.684. The lowest BCUT2D eigenvalue weighted by molar-refractivity contribution is -0.130. The minimum atomic E-state index is -0.711.